The molecule has 0 rings (SSSR count). The van der Waals surface area contributed by atoms with E-state index in [1.165, 1.54) is 0 Å². The maximum atomic E-state index is 11.2. The molecule has 0 aromatic rings. The van der Waals surface area contributed by atoms with Crippen LogP contribution >= 0.6 is 0 Å². The standard InChI is InChI=1S/C8H12O4S2.2K/c1-3-11-6(9)5(8(13)14)7(10)12-4-2;;/h13-14H,3-4H2,1-2H3;;/q;2*+1/p-2. The Morgan fingerprint density at radius 1 is 0.938 bits per heavy atom. The zero-order valence-electron chi connectivity index (χ0n) is 9.86. The van der Waals surface area contributed by atoms with Gasteiger partial charge in [0.2, 0.25) is 0 Å². The van der Waals surface area contributed by atoms with E-state index in [9.17, 15) is 9.59 Å². The summed E-state index contributed by atoms with van der Waals surface area (Å²) in [4.78, 5) is 22.4. The second-order valence-electron chi connectivity index (χ2n) is 2.10. The first kappa shape index (κ1) is 23.5. The molecule has 16 heavy (non-hydrogen) atoms. The minimum absolute atomic E-state index is 0. The molecule has 0 radical (unpaired) electrons. The smallest absolute Gasteiger partial charge is 0.806 e. The fraction of sp³-hybridized carbons (Fsp3) is 0.500. The van der Waals surface area contributed by atoms with E-state index >= 15 is 0 Å². The van der Waals surface area contributed by atoms with Gasteiger partial charge < -0.3 is 39.0 Å². The van der Waals surface area contributed by atoms with Crippen molar-refractivity contribution in [3.8, 4) is 0 Å². The fourth-order valence-corrected chi connectivity index (χ4v) is 0.990. The van der Waals surface area contributed by atoms with Gasteiger partial charge in [0.25, 0.3) is 0 Å². The second-order valence-corrected chi connectivity index (χ2v) is 3.18. The topological polar surface area (TPSA) is 52.6 Å². The van der Waals surface area contributed by atoms with Crippen molar-refractivity contribution in [2.24, 2.45) is 0 Å². The number of carbonyl (C=O) groups excluding carboxylic acids is 2. The van der Waals surface area contributed by atoms with E-state index in [0.717, 1.165) is 0 Å². The number of rotatable bonds is 4. The summed E-state index contributed by atoms with van der Waals surface area (Å²) < 4.78 is 8.97. The van der Waals surface area contributed by atoms with Crippen LogP contribution in [0, 0.1) is 0 Å². The summed E-state index contributed by atoms with van der Waals surface area (Å²) >= 11 is 9.15. The van der Waals surface area contributed by atoms with Gasteiger partial charge in [0.15, 0.2) is 0 Å². The summed E-state index contributed by atoms with van der Waals surface area (Å²) in [5.74, 6) is -1.66. The first-order valence-corrected chi connectivity index (χ1v) is 4.78. The molecule has 4 nitrogen and oxygen atoms in total. The predicted molar refractivity (Wildman–Crippen MR) is 55.0 cm³/mol. The monoisotopic (exact) mass is 312 g/mol. The van der Waals surface area contributed by atoms with E-state index in [4.69, 9.17) is 0 Å². The van der Waals surface area contributed by atoms with Gasteiger partial charge in [0, 0.05) is 0 Å². The van der Waals surface area contributed by atoms with Crippen molar-refractivity contribution >= 4 is 37.2 Å². The molecule has 0 saturated carbocycles. The average Bonchev–Trinajstić information content (AvgIpc) is 2.04. The van der Waals surface area contributed by atoms with Crippen LogP contribution in [0.15, 0.2) is 9.81 Å². The zero-order valence-corrected chi connectivity index (χ0v) is 17.7. The molecular formula is C8H10K2O4S2. The molecule has 80 valence electrons. The molecule has 0 bridgehead atoms. The molecule has 0 aromatic heterocycles. The SMILES string of the molecule is CCOC(=O)C(C(=O)OCC)=C([S-])[S-].[K+].[K+]. The van der Waals surface area contributed by atoms with Crippen LogP contribution in [-0.2, 0) is 44.3 Å². The predicted octanol–water partition coefficient (Wildman–Crippen LogP) is -5.57. The van der Waals surface area contributed by atoms with E-state index in [2.05, 4.69) is 34.7 Å². The first-order valence-electron chi connectivity index (χ1n) is 3.97. The Kier molecular flexibility index (Phi) is 20.3. The normalized spacial score (nSPS) is 7.88. The Hall–Kier alpha value is 2.39. The number of carbonyl (C=O) groups is 2. The van der Waals surface area contributed by atoms with Crippen LogP contribution in [0.3, 0.4) is 0 Å². The van der Waals surface area contributed by atoms with Crippen LogP contribution in [0.2, 0.25) is 0 Å². The van der Waals surface area contributed by atoms with Crippen LogP contribution < -0.4 is 103 Å². The van der Waals surface area contributed by atoms with Gasteiger partial charge in [-0.15, -0.1) is 0 Å². The van der Waals surface area contributed by atoms with E-state index < -0.39 is 11.9 Å². The molecule has 0 spiro atoms. The Bertz CT molecular complexity index is 245. The minimum atomic E-state index is -0.828. The molecule has 8 heteroatoms. The van der Waals surface area contributed by atoms with Gasteiger partial charge in [-0.2, -0.15) is 0 Å². The third-order valence-corrected chi connectivity index (χ3v) is 1.57. The summed E-state index contributed by atoms with van der Waals surface area (Å²) in [6.45, 7) is 3.54. The van der Waals surface area contributed by atoms with Crippen LogP contribution in [0.1, 0.15) is 13.8 Å². The first-order chi connectivity index (χ1) is 6.54. The maximum absolute atomic E-state index is 11.2. The molecule has 0 amide bonds. The summed E-state index contributed by atoms with van der Waals surface area (Å²) in [6.07, 6.45) is 0. The Morgan fingerprint density at radius 2 is 1.25 bits per heavy atom. The molecule has 0 aliphatic rings. The molecular weight excluding hydrogens is 302 g/mol. The molecule has 0 fully saturated rings. The fourth-order valence-electron chi connectivity index (χ4n) is 0.657. The van der Waals surface area contributed by atoms with Crippen LogP contribution in [0.4, 0.5) is 0 Å². The van der Waals surface area contributed by atoms with Crippen molar-refractivity contribution in [2.75, 3.05) is 13.2 Å². The van der Waals surface area contributed by atoms with E-state index in [1.807, 2.05) is 0 Å². The van der Waals surface area contributed by atoms with Gasteiger partial charge >= 0.3 is 115 Å². The molecule has 0 aliphatic carbocycles. The number of hydrogen-bond acceptors (Lipinski definition) is 6. The second kappa shape index (κ2) is 13.8. The Morgan fingerprint density at radius 3 is 1.44 bits per heavy atom. The molecule has 0 unspecified atom stereocenters. The third-order valence-electron chi connectivity index (χ3n) is 1.16. The number of esters is 2. The number of ether oxygens (including phenoxy) is 2. The van der Waals surface area contributed by atoms with Crippen molar-refractivity contribution in [2.45, 2.75) is 13.8 Å². The van der Waals surface area contributed by atoms with Crippen LogP contribution in [-0.4, -0.2) is 25.2 Å². The van der Waals surface area contributed by atoms with Crippen LogP contribution in [0.5, 0.6) is 0 Å². The molecule has 0 heterocycles. The molecule has 0 aliphatic heterocycles. The summed E-state index contributed by atoms with van der Waals surface area (Å²) in [5, 5.41) is 0. The van der Waals surface area contributed by atoms with Crippen molar-refractivity contribution in [3.63, 3.8) is 0 Å². The Balaban J connectivity index is -0.000000845. The summed E-state index contributed by atoms with van der Waals surface area (Å²) in [6, 6.07) is 0. The number of hydrogen-bond donors (Lipinski definition) is 0. The van der Waals surface area contributed by atoms with Crippen molar-refractivity contribution in [3.05, 3.63) is 9.81 Å². The third kappa shape index (κ3) is 9.34. The van der Waals surface area contributed by atoms with Gasteiger partial charge in [0.05, 0.1) is 18.8 Å². The molecule has 0 aromatic carbocycles. The quantitative estimate of drug-likeness (QED) is 0.129. The Labute approximate surface area is 191 Å². The van der Waals surface area contributed by atoms with Gasteiger partial charge in [-0.05, 0) is 13.8 Å². The molecule has 0 N–H and O–H groups in total. The van der Waals surface area contributed by atoms with Gasteiger partial charge in [-0.1, -0.05) is 0 Å². The van der Waals surface area contributed by atoms with Crippen LogP contribution in [0.25, 0.3) is 0 Å². The summed E-state index contributed by atoms with van der Waals surface area (Å²) in [5.41, 5.74) is -0.376. The van der Waals surface area contributed by atoms with Gasteiger partial charge in [-0.3, -0.25) is 0 Å². The maximum Gasteiger partial charge on any atom is 1.00 e. The van der Waals surface area contributed by atoms with Crippen molar-refractivity contribution < 1.29 is 122 Å². The van der Waals surface area contributed by atoms with E-state index in [1.54, 1.807) is 13.8 Å². The minimum Gasteiger partial charge on any atom is -0.806 e. The van der Waals surface area contributed by atoms with E-state index in [0.29, 0.717) is 0 Å². The summed E-state index contributed by atoms with van der Waals surface area (Å²) in [7, 11) is 0. The largest absolute Gasteiger partial charge is 1.00 e. The average molecular weight is 312 g/mol. The van der Waals surface area contributed by atoms with Gasteiger partial charge in [0.1, 0.15) is 0 Å². The molecule has 0 atom stereocenters. The van der Waals surface area contributed by atoms with E-state index in [-0.39, 0.29) is 126 Å². The zero-order chi connectivity index (χ0) is 11.1. The van der Waals surface area contributed by atoms with Crippen molar-refractivity contribution in [1.29, 1.82) is 0 Å². The molecule has 0 saturated heterocycles. The van der Waals surface area contributed by atoms with Gasteiger partial charge in [-0.25, -0.2) is 9.59 Å². The van der Waals surface area contributed by atoms with Crippen molar-refractivity contribution in [1.82, 2.24) is 0 Å².